The third-order valence-corrected chi connectivity index (χ3v) is 2.92. The fourth-order valence-corrected chi connectivity index (χ4v) is 2.16. The minimum absolute atomic E-state index is 0.0442. The number of rotatable bonds is 2. The largest absolute Gasteiger partial charge is 0.470 e. The first-order chi connectivity index (χ1) is 8.38. The zero-order chi connectivity index (χ0) is 13.1. The van der Waals surface area contributed by atoms with Crippen LogP contribution in [0.5, 0.6) is 0 Å². The molecule has 1 aliphatic rings. The third-order valence-electron chi connectivity index (χ3n) is 2.49. The number of nitrogens with zero attached hydrogens (tertiary/aromatic N) is 1. The van der Waals surface area contributed by atoms with E-state index in [9.17, 15) is 23.1 Å². The van der Waals surface area contributed by atoms with E-state index >= 15 is 0 Å². The Bertz CT molecular complexity index is 610. The summed E-state index contributed by atoms with van der Waals surface area (Å²) >= 11 is -0.861. The molecule has 2 aromatic rings. The number of furan rings is 2. The van der Waals surface area contributed by atoms with E-state index in [-0.39, 0.29) is 27.4 Å². The number of carbonyl (C=O) groups is 1. The topological polar surface area (TPSA) is 62.9 Å². The maximum atomic E-state index is 12.0. The fourth-order valence-electron chi connectivity index (χ4n) is 1.85. The first-order valence-electron chi connectivity index (χ1n) is 4.67. The molecular weight excluding hydrogens is 275 g/mol. The van der Waals surface area contributed by atoms with Crippen LogP contribution in [0.25, 0.3) is 11.2 Å². The van der Waals surface area contributed by atoms with Crippen LogP contribution in [0.15, 0.2) is 16.5 Å². The van der Waals surface area contributed by atoms with E-state index in [0.29, 0.717) is 0 Å². The number of aliphatic hydroxyl groups excluding tert-OH is 1. The molecule has 1 N–H and O–H groups in total. The molecule has 0 aliphatic carbocycles. The summed E-state index contributed by atoms with van der Waals surface area (Å²) in [7, 11) is 0. The number of hydrogen-bond donors (Lipinski definition) is 1. The average molecular weight is 279 g/mol. The van der Waals surface area contributed by atoms with Crippen molar-refractivity contribution in [3.05, 3.63) is 23.3 Å². The molecule has 0 fully saturated rings. The van der Waals surface area contributed by atoms with Gasteiger partial charge in [0.2, 0.25) is 0 Å². The van der Waals surface area contributed by atoms with E-state index < -0.39 is 29.7 Å². The Hall–Kier alpha value is -1.45. The van der Waals surface area contributed by atoms with Gasteiger partial charge in [0.05, 0.1) is 11.1 Å². The average Bonchev–Trinajstić information content (AvgIpc) is 2.90. The highest BCUT2D eigenvalue weighted by molar-refractivity contribution is 7.95. The van der Waals surface area contributed by atoms with Crippen LogP contribution in [0.2, 0.25) is 0 Å². The van der Waals surface area contributed by atoms with Crippen molar-refractivity contribution in [1.82, 2.24) is 5.06 Å². The number of alkyl halides is 3. The minimum atomic E-state index is -4.67. The predicted molar refractivity (Wildman–Crippen MR) is 53.3 cm³/mol. The summed E-state index contributed by atoms with van der Waals surface area (Å²) in [6, 6.07) is 3.02. The van der Waals surface area contributed by atoms with Gasteiger partial charge in [-0.05, 0) is 12.1 Å². The molecule has 2 aromatic heterocycles. The van der Waals surface area contributed by atoms with Gasteiger partial charge in [-0.3, -0.25) is 4.79 Å². The maximum Gasteiger partial charge on any atom is 0.470 e. The van der Waals surface area contributed by atoms with E-state index in [1.165, 1.54) is 12.1 Å². The summed E-state index contributed by atoms with van der Waals surface area (Å²) < 4.78 is 45.3. The van der Waals surface area contributed by atoms with Gasteiger partial charge in [0.25, 0.3) is 5.91 Å². The van der Waals surface area contributed by atoms with Crippen molar-refractivity contribution < 1.29 is 31.8 Å². The molecular formula is C9H4F3NO4S. The Labute approximate surface area is 102 Å². The van der Waals surface area contributed by atoms with Gasteiger partial charge in [0.1, 0.15) is 23.2 Å². The van der Waals surface area contributed by atoms with Gasteiger partial charge in [-0.25, -0.2) is 0 Å². The highest BCUT2D eigenvalue weighted by Gasteiger charge is 2.45. The van der Waals surface area contributed by atoms with E-state index in [2.05, 4.69) is 4.28 Å². The molecule has 0 saturated carbocycles. The number of halogens is 3. The van der Waals surface area contributed by atoms with Crippen LogP contribution >= 0.6 is 12.0 Å². The standard InChI is InChI=1S/C9H4F3NO4S/c10-9(11,12)18-17-13-7(14)5-3-1-2-4(16-3)6(5)8(13)15/h1-2,7,14H. The van der Waals surface area contributed by atoms with Crippen LogP contribution in [-0.2, 0) is 4.28 Å². The van der Waals surface area contributed by atoms with E-state index in [0.717, 1.165) is 0 Å². The van der Waals surface area contributed by atoms with Crippen molar-refractivity contribution in [2.45, 2.75) is 11.7 Å². The molecule has 5 nitrogen and oxygen atoms in total. The Kier molecular flexibility index (Phi) is 2.28. The molecule has 1 amide bonds. The highest BCUT2D eigenvalue weighted by atomic mass is 32.2. The number of hydrogen-bond acceptors (Lipinski definition) is 5. The van der Waals surface area contributed by atoms with Gasteiger partial charge in [-0.2, -0.15) is 22.5 Å². The van der Waals surface area contributed by atoms with Crippen LogP contribution < -0.4 is 0 Å². The van der Waals surface area contributed by atoms with Crippen molar-refractivity contribution in [1.29, 1.82) is 0 Å². The Morgan fingerprint density at radius 2 is 2.06 bits per heavy atom. The Morgan fingerprint density at radius 1 is 1.39 bits per heavy atom. The summed E-state index contributed by atoms with van der Waals surface area (Å²) in [6.07, 6.45) is -1.60. The quantitative estimate of drug-likeness (QED) is 0.855. The molecule has 2 bridgehead atoms. The van der Waals surface area contributed by atoms with Gasteiger partial charge in [-0.15, -0.1) is 0 Å². The summed E-state index contributed by atoms with van der Waals surface area (Å²) in [4.78, 5) is 11.8. The van der Waals surface area contributed by atoms with Crippen molar-refractivity contribution in [3.63, 3.8) is 0 Å². The molecule has 3 rings (SSSR count). The maximum absolute atomic E-state index is 12.0. The molecule has 0 spiro atoms. The van der Waals surface area contributed by atoms with Gasteiger partial charge in [0, 0.05) is 0 Å². The molecule has 1 atom stereocenters. The molecule has 1 unspecified atom stereocenters. The van der Waals surface area contributed by atoms with Crippen molar-refractivity contribution in [3.8, 4) is 0 Å². The van der Waals surface area contributed by atoms with Crippen molar-refractivity contribution in [2.75, 3.05) is 0 Å². The number of fused-ring (bicyclic) bond motifs is 5. The summed E-state index contributed by atoms with van der Waals surface area (Å²) in [6.45, 7) is 0. The molecule has 18 heavy (non-hydrogen) atoms. The van der Waals surface area contributed by atoms with E-state index in [4.69, 9.17) is 4.42 Å². The molecule has 96 valence electrons. The van der Waals surface area contributed by atoms with Crippen LogP contribution in [0, 0.1) is 0 Å². The second-order valence-corrected chi connectivity index (χ2v) is 4.34. The molecule has 1 aliphatic heterocycles. The molecule has 0 aromatic carbocycles. The monoisotopic (exact) mass is 279 g/mol. The molecule has 9 heteroatoms. The number of amides is 1. The molecule has 0 radical (unpaired) electrons. The van der Waals surface area contributed by atoms with Crippen LogP contribution in [0.4, 0.5) is 13.2 Å². The van der Waals surface area contributed by atoms with Gasteiger partial charge < -0.3 is 9.52 Å². The summed E-state index contributed by atoms with van der Waals surface area (Å²) in [5.74, 6) is -0.858. The molecule has 0 saturated heterocycles. The van der Waals surface area contributed by atoms with E-state index in [1.54, 1.807) is 0 Å². The van der Waals surface area contributed by atoms with E-state index in [1.807, 2.05) is 0 Å². The van der Waals surface area contributed by atoms with Crippen molar-refractivity contribution in [2.24, 2.45) is 0 Å². The lowest BCUT2D eigenvalue weighted by Gasteiger charge is -2.18. The number of aliphatic hydroxyl groups is 1. The van der Waals surface area contributed by atoms with Gasteiger partial charge in [-0.1, -0.05) is 0 Å². The van der Waals surface area contributed by atoms with Gasteiger partial charge >= 0.3 is 5.51 Å². The Morgan fingerprint density at radius 3 is 2.67 bits per heavy atom. The van der Waals surface area contributed by atoms with Crippen LogP contribution in [-0.4, -0.2) is 21.6 Å². The smallest absolute Gasteiger partial charge is 0.456 e. The SMILES string of the molecule is O=C1c2c(c3ccc2o3)C(O)N1OSC(F)(F)F. The number of carbonyl (C=O) groups excluding carboxylic acids is 1. The minimum Gasteiger partial charge on any atom is -0.456 e. The van der Waals surface area contributed by atoms with Crippen molar-refractivity contribution >= 4 is 29.1 Å². The first-order valence-corrected chi connectivity index (χ1v) is 5.41. The fraction of sp³-hybridized carbons (Fsp3) is 0.222. The van der Waals surface area contributed by atoms with Crippen LogP contribution in [0.3, 0.4) is 0 Å². The lowest BCUT2D eigenvalue weighted by molar-refractivity contribution is -0.129. The second kappa shape index (κ2) is 3.53. The first kappa shape index (κ1) is 11.6. The van der Waals surface area contributed by atoms with Gasteiger partial charge in [0.15, 0.2) is 6.23 Å². The predicted octanol–water partition coefficient (Wildman–Crippen LogP) is 2.42. The Balaban J connectivity index is 1.89. The molecule has 3 heterocycles. The number of hydroxylamine groups is 2. The number of benzene rings is 1. The lowest BCUT2D eigenvalue weighted by Crippen LogP contribution is -2.27. The van der Waals surface area contributed by atoms with Crippen LogP contribution in [0.1, 0.15) is 22.1 Å². The zero-order valence-corrected chi connectivity index (χ0v) is 9.21. The highest BCUT2D eigenvalue weighted by Crippen LogP contribution is 2.43. The summed E-state index contributed by atoms with van der Waals surface area (Å²) in [5.41, 5.74) is -4.01. The zero-order valence-electron chi connectivity index (χ0n) is 8.39. The lowest BCUT2D eigenvalue weighted by atomic mass is 10.1. The summed E-state index contributed by atoms with van der Waals surface area (Å²) in [5, 5.41) is 10.0. The third kappa shape index (κ3) is 1.55. The normalized spacial score (nSPS) is 20.1. The second-order valence-electron chi connectivity index (χ2n) is 3.56.